The summed E-state index contributed by atoms with van der Waals surface area (Å²) in [5.74, 6) is -2.09. The first kappa shape index (κ1) is 20.1. The summed E-state index contributed by atoms with van der Waals surface area (Å²) < 4.78 is 4.87. The number of nitrogens with zero attached hydrogens (tertiary/aromatic N) is 1. The smallest absolute Gasteiger partial charge is 0.308 e. The Morgan fingerprint density at radius 2 is 1.60 bits per heavy atom. The molecule has 1 heterocycles. The number of esters is 1. The van der Waals surface area contributed by atoms with Gasteiger partial charge in [0.25, 0.3) is 11.8 Å². The second kappa shape index (κ2) is 8.25. The maximum Gasteiger partial charge on any atom is 0.308 e. The molecule has 4 rings (SSSR count). The number of benzene rings is 1. The predicted octanol–water partition coefficient (Wildman–Crippen LogP) is 0.412. The first-order valence-corrected chi connectivity index (χ1v) is 10.1. The van der Waals surface area contributed by atoms with Gasteiger partial charge in [0, 0.05) is 12.1 Å². The summed E-state index contributed by atoms with van der Waals surface area (Å²) in [4.78, 5) is 61.8. The quantitative estimate of drug-likeness (QED) is 0.396. The van der Waals surface area contributed by atoms with Crippen LogP contribution in [0.1, 0.15) is 36.0 Å². The summed E-state index contributed by atoms with van der Waals surface area (Å²) in [6.07, 6.45) is 2.78. The topological polar surface area (TPSA) is 122 Å². The van der Waals surface area contributed by atoms with Crippen LogP contribution in [-0.4, -0.2) is 47.6 Å². The number of likely N-dealkylation sites (tertiary alicyclic amines) is 1. The number of nitrogens with one attached hydrogen (secondary N) is 2. The molecule has 2 N–H and O–H groups in total. The van der Waals surface area contributed by atoms with E-state index in [0.29, 0.717) is 17.4 Å². The van der Waals surface area contributed by atoms with Gasteiger partial charge in [0.15, 0.2) is 6.61 Å². The first-order chi connectivity index (χ1) is 14.5. The van der Waals surface area contributed by atoms with Crippen molar-refractivity contribution in [2.24, 2.45) is 23.7 Å². The van der Waals surface area contributed by atoms with E-state index in [1.165, 1.54) is 4.90 Å². The summed E-state index contributed by atoms with van der Waals surface area (Å²) in [5, 5.41) is 0. The van der Waals surface area contributed by atoms with Crippen LogP contribution in [0.5, 0.6) is 0 Å². The lowest BCUT2D eigenvalue weighted by Crippen LogP contribution is -2.43. The van der Waals surface area contributed by atoms with E-state index < -0.39 is 24.4 Å². The van der Waals surface area contributed by atoms with Crippen LogP contribution >= 0.6 is 0 Å². The van der Waals surface area contributed by atoms with Crippen LogP contribution in [0.3, 0.4) is 0 Å². The fourth-order valence-corrected chi connectivity index (χ4v) is 4.94. The second-order valence-corrected chi connectivity index (χ2v) is 7.99. The molecule has 2 bridgehead atoms. The molecule has 0 unspecified atom stereocenters. The Morgan fingerprint density at radius 1 is 0.967 bits per heavy atom. The molecule has 30 heavy (non-hydrogen) atoms. The number of hydrogen-bond acceptors (Lipinski definition) is 6. The number of hydrogen-bond donors (Lipinski definition) is 2. The molecule has 158 valence electrons. The molecule has 0 spiro atoms. The Hall–Kier alpha value is -3.23. The van der Waals surface area contributed by atoms with E-state index in [4.69, 9.17) is 4.74 Å². The van der Waals surface area contributed by atoms with Gasteiger partial charge in [-0.1, -0.05) is 18.2 Å². The number of carbonyl (C=O) groups is 5. The van der Waals surface area contributed by atoms with Gasteiger partial charge in [0.1, 0.15) is 0 Å². The SMILES string of the molecule is O=C(COC(=O)CCN1C(=O)[C@H]2[C@@H]3CC[C@@H](C3)[C@@H]2C1=O)NNC(=O)c1ccccc1. The average Bonchev–Trinajstić information content (AvgIpc) is 3.44. The molecular formula is C21H23N3O6. The monoisotopic (exact) mass is 413 g/mol. The van der Waals surface area contributed by atoms with Crippen molar-refractivity contribution in [3.8, 4) is 0 Å². The molecule has 0 radical (unpaired) electrons. The van der Waals surface area contributed by atoms with Crippen LogP contribution in [0, 0.1) is 23.7 Å². The van der Waals surface area contributed by atoms with Gasteiger partial charge < -0.3 is 4.74 Å². The Bertz CT molecular complexity index is 858. The van der Waals surface area contributed by atoms with E-state index in [1.54, 1.807) is 30.3 Å². The molecule has 9 nitrogen and oxygen atoms in total. The van der Waals surface area contributed by atoms with Crippen molar-refractivity contribution in [3.05, 3.63) is 35.9 Å². The lowest BCUT2D eigenvalue weighted by Gasteiger charge is -2.19. The Kier molecular flexibility index (Phi) is 5.52. The highest BCUT2D eigenvalue weighted by molar-refractivity contribution is 6.06. The minimum atomic E-state index is -0.702. The molecule has 1 aromatic carbocycles. The van der Waals surface area contributed by atoms with Gasteiger partial charge in [-0.3, -0.25) is 39.7 Å². The van der Waals surface area contributed by atoms with Crippen molar-refractivity contribution in [2.75, 3.05) is 13.2 Å². The van der Waals surface area contributed by atoms with Gasteiger partial charge in [0.2, 0.25) is 11.8 Å². The van der Waals surface area contributed by atoms with Crippen LogP contribution in [0.4, 0.5) is 0 Å². The molecule has 0 aromatic heterocycles. The number of rotatable bonds is 6. The lowest BCUT2D eigenvalue weighted by molar-refractivity contribution is -0.150. The molecule has 2 aliphatic carbocycles. The minimum Gasteiger partial charge on any atom is -0.455 e. The van der Waals surface area contributed by atoms with Crippen LogP contribution in [0.15, 0.2) is 30.3 Å². The zero-order chi connectivity index (χ0) is 21.3. The second-order valence-electron chi connectivity index (χ2n) is 7.99. The van der Waals surface area contributed by atoms with Gasteiger partial charge >= 0.3 is 5.97 Å². The number of hydrazine groups is 1. The number of fused-ring (bicyclic) bond motifs is 5. The zero-order valence-electron chi connectivity index (χ0n) is 16.3. The Labute approximate surface area is 173 Å². The molecule has 9 heteroatoms. The molecule has 2 saturated carbocycles. The van der Waals surface area contributed by atoms with Crippen molar-refractivity contribution in [3.63, 3.8) is 0 Å². The van der Waals surface area contributed by atoms with E-state index >= 15 is 0 Å². The van der Waals surface area contributed by atoms with Crippen LogP contribution in [0.25, 0.3) is 0 Å². The number of imide groups is 1. The highest BCUT2D eigenvalue weighted by atomic mass is 16.5. The third-order valence-electron chi connectivity index (χ3n) is 6.27. The third-order valence-corrected chi connectivity index (χ3v) is 6.27. The van der Waals surface area contributed by atoms with E-state index in [9.17, 15) is 24.0 Å². The van der Waals surface area contributed by atoms with Gasteiger partial charge in [-0.2, -0.15) is 0 Å². The molecule has 1 aliphatic heterocycles. The number of carbonyl (C=O) groups excluding carboxylic acids is 5. The molecule has 3 aliphatic rings. The third kappa shape index (κ3) is 3.79. The molecular weight excluding hydrogens is 390 g/mol. The summed E-state index contributed by atoms with van der Waals surface area (Å²) in [6.45, 7) is -0.611. The molecule has 3 fully saturated rings. The normalized spacial score (nSPS) is 26.5. The average molecular weight is 413 g/mol. The molecule has 4 atom stereocenters. The standard InChI is InChI=1S/C21H23N3O6/c25-15(22-23-19(27)12-4-2-1-3-5-12)11-30-16(26)8-9-24-20(28)17-13-6-7-14(10-13)18(17)21(24)29/h1-5,13-14,17-18H,6-11H2,(H,22,25)(H,23,27)/t13-,14+,17-,18-/m0/s1. The molecule has 1 aromatic rings. The van der Waals surface area contributed by atoms with Gasteiger partial charge in [-0.25, -0.2) is 0 Å². The summed E-state index contributed by atoms with van der Waals surface area (Å²) in [6, 6.07) is 8.30. The van der Waals surface area contributed by atoms with E-state index in [0.717, 1.165) is 19.3 Å². The van der Waals surface area contributed by atoms with Gasteiger partial charge in [-0.05, 0) is 43.2 Å². The fourth-order valence-electron chi connectivity index (χ4n) is 4.94. The highest BCUT2D eigenvalue weighted by Gasteiger charge is 2.60. The largest absolute Gasteiger partial charge is 0.455 e. The highest BCUT2D eigenvalue weighted by Crippen LogP contribution is 2.56. The van der Waals surface area contributed by atoms with E-state index in [1.807, 2.05) is 0 Å². The molecule has 4 amide bonds. The predicted molar refractivity (Wildman–Crippen MR) is 102 cm³/mol. The van der Waals surface area contributed by atoms with Crippen molar-refractivity contribution in [2.45, 2.75) is 25.7 Å². The maximum atomic E-state index is 12.6. The zero-order valence-corrected chi connectivity index (χ0v) is 16.3. The summed E-state index contributed by atoms with van der Waals surface area (Å²) in [5.41, 5.74) is 4.75. The number of ether oxygens (including phenoxy) is 1. The Balaban J connectivity index is 1.17. The van der Waals surface area contributed by atoms with Crippen molar-refractivity contribution in [1.82, 2.24) is 15.8 Å². The summed E-state index contributed by atoms with van der Waals surface area (Å²) >= 11 is 0. The minimum absolute atomic E-state index is 0.0324. The molecule has 1 saturated heterocycles. The van der Waals surface area contributed by atoms with Gasteiger partial charge in [-0.15, -0.1) is 0 Å². The summed E-state index contributed by atoms with van der Waals surface area (Å²) in [7, 11) is 0. The van der Waals surface area contributed by atoms with Crippen LogP contribution in [-0.2, 0) is 23.9 Å². The van der Waals surface area contributed by atoms with Crippen molar-refractivity contribution < 1.29 is 28.7 Å². The van der Waals surface area contributed by atoms with E-state index in [2.05, 4.69) is 10.9 Å². The van der Waals surface area contributed by atoms with E-state index in [-0.39, 0.29) is 36.6 Å². The maximum absolute atomic E-state index is 12.6. The van der Waals surface area contributed by atoms with Crippen molar-refractivity contribution >= 4 is 29.6 Å². The lowest BCUT2D eigenvalue weighted by atomic mass is 9.81. The van der Waals surface area contributed by atoms with Gasteiger partial charge in [0.05, 0.1) is 18.3 Å². The van der Waals surface area contributed by atoms with Crippen molar-refractivity contribution in [1.29, 1.82) is 0 Å². The van der Waals surface area contributed by atoms with Crippen LogP contribution < -0.4 is 10.9 Å². The fraction of sp³-hybridized carbons (Fsp3) is 0.476. The number of amides is 4. The first-order valence-electron chi connectivity index (χ1n) is 10.1. The van der Waals surface area contributed by atoms with Crippen LogP contribution in [0.2, 0.25) is 0 Å². The Morgan fingerprint density at radius 3 is 2.23 bits per heavy atom.